The lowest BCUT2D eigenvalue weighted by Crippen LogP contribution is -2.18. The molecule has 6 bridgehead atoms. The molecule has 8 aromatic rings. The molecule has 0 spiro atoms. The van der Waals surface area contributed by atoms with E-state index in [1.807, 2.05) is 67.6 Å². The van der Waals surface area contributed by atoms with E-state index in [2.05, 4.69) is 70.9 Å². The normalized spacial score (nSPS) is 12.5. The number of aromatic amines is 2. The SMILES string of the molecule is [B]c1c(F)c(C)c(F)c2oc3nc4c(c5ccc([nH]5)c(-c5ccccc5)c5cc(c(-c6ccccc6)c6ccc([nH]6)c3c12)C=C5)-c1c(P)c(F)c(P)c(C)c1C4. The van der Waals surface area contributed by atoms with Crippen molar-refractivity contribution in [3.63, 3.8) is 0 Å². The van der Waals surface area contributed by atoms with Crippen molar-refractivity contribution in [2.24, 2.45) is 0 Å². The van der Waals surface area contributed by atoms with Gasteiger partial charge in [0.05, 0.1) is 16.6 Å². The van der Waals surface area contributed by atoms with Crippen molar-refractivity contribution in [1.82, 2.24) is 15.0 Å². The molecule has 10 rings (SSSR count). The van der Waals surface area contributed by atoms with E-state index in [1.54, 1.807) is 0 Å². The van der Waals surface area contributed by atoms with Crippen LogP contribution in [-0.4, -0.2) is 22.8 Å². The van der Waals surface area contributed by atoms with Crippen molar-refractivity contribution in [2.45, 2.75) is 20.3 Å². The van der Waals surface area contributed by atoms with Gasteiger partial charge in [0, 0.05) is 61.2 Å². The standard InChI is InChI=1S/C46H31BF3N3OP2/c1-21-27-20-32-36(35(27)45(56)42(50)44(21)55)30-17-15-28(51-30)33(23-9-5-3-6-10-23)25-13-14-26(19-25)34(24-11-7-4-8-12-24)29-16-18-31(52-29)37-38-39(47)40(48)22(2)41(49)43(38)54-46(37)53-32/h3-19,51-52H,20,55-56H2,1-2H3. The van der Waals surface area contributed by atoms with Crippen LogP contribution < -0.4 is 16.1 Å². The molecule has 10 heteroatoms. The van der Waals surface area contributed by atoms with E-state index in [-0.39, 0.29) is 33.5 Å². The van der Waals surface area contributed by atoms with Crippen LogP contribution >= 0.6 is 18.5 Å². The molecule has 2 aliphatic rings. The van der Waals surface area contributed by atoms with Crippen LogP contribution in [0.25, 0.3) is 89.7 Å². The van der Waals surface area contributed by atoms with Crippen LogP contribution in [0.1, 0.15) is 33.5 Å². The highest BCUT2D eigenvalue weighted by Gasteiger charge is 2.30. The maximum Gasteiger partial charge on any atom is 0.229 e. The van der Waals surface area contributed by atoms with Crippen molar-refractivity contribution in [1.29, 1.82) is 0 Å². The molecular weight excluding hydrogens is 740 g/mol. The van der Waals surface area contributed by atoms with E-state index in [0.717, 1.165) is 55.5 Å². The average Bonchev–Trinajstić information content (AvgIpc) is 4.07. The zero-order valence-corrected chi connectivity index (χ0v) is 32.6. The predicted molar refractivity (Wildman–Crippen MR) is 232 cm³/mol. The second kappa shape index (κ2) is 12.9. The van der Waals surface area contributed by atoms with Gasteiger partial charge >= 0.3 is 0 Å². The van der Waals surface area contributed by atoms with Gasteiger partial charge < -0.3 is 14.4 Å². The highest BCUT2D eigenvalue weighted by Crippen LogP contribution is 2.42. The zero-order chi connectivity index (χ0) is 38.6. The zero-order valence-electron chi connectivity index (χ0n) is 30.2. The summed E-state index contributed by atoms with van der Waals surface area (Å²) in [5, 5.41) is 1.28. The highest BCUT2D eigenvalue weighted by atomic mass is 31.0. The summed E-state index contributed by atoms with van der Waals surface area (Å²) in [5.41, 5.74) is 11.7. The maximum absolute atomic E-state index is 16.0. The van der Waals surface area contributed by atoms with Crippen LogP contribution in [-0.2, 0) is 6.42 Å². The summed E-state index contributed by atoms with van der Waals surface area (Å²) in [5.74, 6) is -2.06. The molecule has 2 radical (unpaired) electrons. The Morgan fingerprint density at radius 3 is 1.79 bits per heavy atom. The molecule has 2 unspecified atom stereocenters. The lowest BCUT2D eigenvalue weighted by atomic mass is 9.88. The van der Waals surface area contributed by atoms with Gasteiger partial charge in [-0.1, -0.05) is 72.8 Å². The summed E-state index contributed by atoms with van der Waals surface area (Å²) >= 11 is 0. The van der Waals surface area contributed by atoms with Crippen molar-refractivity contribution >= 4 is 98.7 Å². The van der Waals surface area contributed by atoms with Crippen molar-refractivity contribution in [2.75, 3.05) is 0 Å². The number of hydrogen-bond donors (Lipinski definition) is 2. The number of halogens is 3. The summed E-state index contributed by atoms with van der Waals surface area (Å²) in [4.78, 5) is 12.4. The van der Waals surface area contributed by atoms with Crippen LogP contribution in [0.2, 0.25) is 0 Å². The molecule has 0 aliphatic heterocycles. The molecule has 270 valence electrons. The molecule has 2 N–H and O–H groups in total. The van der Waals surface area contributed by atoms with E-state index in [9.17, 15) is 0 Å². The third kappa shape index (κ3) is 5.12. The summed E-state index contributed by atoms with van der Waals surface area (Å²) in [7, 11) is 11.6. The number of rotatable bonds is 2. The van der Waals surface area contributed by atoms with Crippen LogP contribution in [0.3, 0.4) is 0 Å². The molecule has 2 aliphatic carbocycles. The number of nitrogens with zero attached hydrogens (tertiary/aromatic N) is 1. The first-order valence-corrected chi connectivity index (χ1v) is 19.3. The maximum atomic E-state index is 16.0. The molecule has 4 heterocycles. The summed E-state index contributed by atoms with van der Waals surface area (Å²) in [6.45, 7) is 3.23. The number of nitrogens with one attached hydrogen (secondary N) is 2. The monoisotopic (exact) mass is 771 g/mol. The summed E-state index contributed by atoms with van der Waals surface area (Å²) in [6.07, 6.45) is 4.55. The Bertz CT molecular complexity index is 3200. The van der Waals surface area contributed by atoms with Gasteiger partial charge in [-0.25, -0.2) is 18.2 Å². The number of H-pyrrole nitrogens is 2. The lowest BCUT2D eigenvalue weighted by Gasteiger charge is -2.13. The first kappa shape index (κ1) is 34.8. The fraction of sp³-hybridized carbons (Fsp3) is 0.0652. The topological polar surface area (TPSA) is 57.6 Å². The van der Waals surface area contributed by atoms with Crippen LogP contribution in [0.4, 0.5) is 13.2 Å². The molecule has 0 saturated heterocycles. The minimum atomic E-state index is -0.859. The second-order valence-corrected chi connectivity index (χ2v) is 15.5. The van der Waals surface area contributed by atoms with Gasteiger partial charge in [0.1, 0.15) is 19.5 Å². The van der Waals surface area contributed by atoms with Crippen LogP contribution in [0.5, 0.6) is 0 Å². The van der Waals surface area contributed by atoms with Gasteiger partial charge in [-0.15, -0.1) is 18.5 Å². The fourth-order valence-corrected chi connectivity index (χ4v) is 9.35. The molecule has 56 heavy (non-hydrogen) atoms. The Hall–Kier alpha value is -5.68. The Morgan fingerprint density at radius 1 is 0.625 bits per heavy atom. The Labute approximate surface area is 325 Å². The van der Waals surface area contributed by atoms with E-state index >= 15 is 13.2 Å². The number of furan rings is 1. The molecule has 0 amide bonds. The molecule has 4 nitrogen and oxygen atoms in total. The minimum Gasteiger partial charge on any atom is -0.435 e. The Morgan fingerprint density at radius 2 is 1.18 bits per heavy atom. The van der Waals surface area contributed by atoms with Crippen molar-refractivity contribution in [3.05, 3.63) is 142 Å². The molecule has 2 atom stereocenters. The summed E-state index contributed by atoms with van der Waals surface area (Å²) in [6, 6.07) is 30.3. The van der Waals surface area contributed by atoms with Gasteiger partial charge in [-0.05, 0) is 88.6 Å². The number of fused-ring (bicyclic) bond motifs is 14. The van der Waals surface area contributed by atoms with Gasteiger partial charge in [0.25, 0.3) is 0 Å². The Kier molecular flexibility index (Phi) is 8.04. The number of benzene rings is 4. The van der Waals surface area contributed by atoms with E-state index < -0.39 is 11.6 Å². The van der Waals surface area contributed by atoms with E-state index in [4.69, 9.17) is 17.2 Å². The molecule has 0 fully saturated rings. The molecule has 4 aromatic carbocycles. The van der Waals surface area contributed by atoms with Crippen LogP contribution in [0.15, 0.2) is 95.4 Å². The van der Waals surface area contributed by atoms with Crippen molar-refractivity contribution < 1.29 is 17.6 Å². The second-order valence-electron chi connectivity index (χ2n) is 14.3. The predicted octanol–water partition coefficient (Wildman–Crippen LogP) is 10.4. The quantitative estimate of drug-likeness (QED) is 0.136. The fourth-order valence-electron chi connectivity index (χ4n) is 8.38. The first-order valence-electron chi connectivity index (χ1n) is 18.1. The minimum absolute atomic E-state index is 0.0473. The smallest absolute Gasteiger partial charge is 0.229 e. The van der Waals surface area contributed by atoms with Crippen molar-refractivity contribution in [3.8, 4) is 33.4 Å². The largest absolute Gasteiger partial charge is 0.435 e. The molecule has 0 saturated carbocycles. The molecule has 4 aromatic heterocycles. The van der Waals surface area contributed by atoms with Gasteiger partial charge in [0.15, 0.2) is 11.4 Å². The first-order chi connectivity index (χ1) is 27.1. The molecular formula is C46H31BF3N3OP2. The third-order valence-corrected chi connectivity index (χ3v) is 12.4. The number of hydrogen-bond acceptors (Lipinski definition) is 2. The van der Waals surface area contributed by atoms with Gasteiger partial charge in [-0.3, -0.25) is 0 Å². The third-order valence-electron chi connectivity index (χ3n) is 11.2. The van der Waals surface area contributed by atoms with Gasteiger partial charge in [0.2, 0.25) is 5.71 Å². The van der Waals surface area contributed by atoms with Crippen LogP contribution in [0, 0.1) is 31.3 Å². The number of aromatic nitrogens is 3. The van der Waals surface area contributed by atoms with Gasteiger partial charge in [-0.2, -0.15) is 0 Å². The lowest BCUT2D eigenvalue weighted by molar-refractivity contribution is 0.551. The highest BCUT2D eigenvalue weighted by molar-refractivity contribution is 7.30. The van der Waals surface area contributed by atoms with E-state index in [1.165, 1.54) is 6.92 Å². The average molecular weight is 772 g/mol. The summed E-state index contributed by atoms with van der Waals surface area (Å²) < 4.78 is 54.0. The van der Waals surface area contributed by atoms with E-state index in [0.29, 0.717) is 50.3 Å². The Balaban J connectivity index is 1.47.